The Balaban J connectivity index is 2.35. The van der Waals surface area contributed by atoms with E-state index in [0.717, 1.165) is 0 Å². The maximum absolute atomic E-state index is 11.6. The maximum Gasteiger partial charge on any atom is 0.287 e. The van der Waals surface area contributed by atoms with Crippen LogP contribution >= 0.6 is 0 Å². The number of carbonyl (C=O) groups is 2. The summed E-state index contributed by atoms with van der Waals surface area (Å²) in [7, 11) is 1.80. The van der Waals surface area contributed by atoms with Crippen LogP contribution in [0.5, 0.6) is 0 Å². The van der Waals surface area contributed by atoms with Gasteiger partial charge in [-0.25, -0.2) is 0 Å². The van der Waals surface area contributed by atoms with Crippen LogP contribution in [-0.4, -0.2) is 38.0 Å². The Morgan fingerprint density at radius 3 is 2.76 bits per heavy atom. The van der Waals surface area contributed by atoms with Gasteiger partial charge in [0.1, 0.15) is 6.04 Å². The van der Waals surface area contributed by atoms with Gasteiger partial charge < -0.3 is 20.4 Å². The molecule has 6 heteroatoms. The normalized spacial score (nSPS) is 11.9. The molecular formula is C11H17N3O3. The first-order valence-electron chi connectivity index (χ1n) is 5.42. The molecule has 0 aliphatic rings. The number of carbonyl (C=O) groups excluding carboxylic acids is 2. The molecule has 94 valence electrons. The van der Waals surface area contributed by atoms with Gasteiger partial charge >= 0.3 is 0 Å². The molecule has 3 N–H and O–H groups in total. The van der Waals surface area contributed by atoms with Gasteiger partial charge in [0.2, 0.25) is 5.91 Å². The van der Waals surface area contributed by atoms with Crippen LogP contribution in [0.25, 0.3) is 0 Å². The first-order valence-corrected chi connectivity index (χ1v) is 5.42. The van der Waals surface area contributed by atoms with Crippen molar-refractivity contribution in [2.75, 3.05) is 20.1 Å². The molecule has 0 saturated heterocycles. The van der Waals surface area contributed by atoms with Crippen LogP contribution in [0, 0.1) is 0 Å². The number of hydrogen-bond acceptors (Lipinski definition) is 4. The Morgan fingerprint density at radius 1 is 1.41 bits per heavy atom. The molecule has 2 amide bonds. The molecule has 1 unspecified atom stereocenters. The predicted molar refractivity (Wildman–Crippen MR) is 62.6 cm³/mol. The molecule has 1 atom stereocenters. The van der Waals surface area contributed by atoms with Crippen molar-refractivity contribution in [3.05, 3.63) is 24.2 Å². The van der Waals surface area contributed by atoms with Crippen molar-refractivity contribution in [1.82, 2.24) is 16.0 Å². The minimum Gasteiger partial charge on any atom is -0.459 e. The van der Waals surface area contributed by atoms with Gasteiger partial charge in [-0.15, -0.1) is 0 Å². The summed E-state index contributed by atoms with van der Waals surface area (Å²) in [5.41, 5.74) is 0. The van der Waals surface area contributed by atoms with Gasteiger partial charge in [0.25, 0.3) is 5.91 Å². The monoisotopic (exact) mass is 239 g/mol. The molecule has 0 aromatic carbocycles. The smallest absolute Gasteiger partial charge is 0.287 e. The standard InChI is InChI=1S/C11H17N3O3/c1-8(10(15)13-6-5-12-2)14-11(16)9-4-3-7-17-9/h3-4,7-8,12H,5-6H2,1-2H3,(H,13,15)(H,14,16). The minimum absolute atomic E-state index is 0.194. The highest BCUT2D eigenvalue weighted by Crippen LogP contribution is 1.99. The summed E-state index contributed by atoms with van der Waals surface area (Å²) in [6, 6.07) is 2.57. The molecule has 0 bridgehead atoms. The number of furan rings is 1. The SMILES string of the molecule is CNCCNC(=O)C(C)NC(=O)c1ccco1. The minimum atomic E-state index is -0.593. The van der Waals surface area contributed by atoms with Crippen molar-refractivity contribution in [2.24, 2.45) is 0 Å². The van der Waals surface area contributed by atoms with E-state index in [-0.39, 0.29) is 11.7 Å². The summed E-state index contributed by atoms with van der Waals surface area (Å²) in [5, 5.41) is 8.14. The van der Waals surface area contributed by atoms with Crippen LogP contribution < -0.4 is 16.0 Å². The van der Waals surface area contributed by atoms with Gasteiger partial charge in [-0.3, -0.25) is 9.59 Å². The van der Waals surface area contributed by atoms with Crippen LogP contribution in [0.4, 0.5) is 0 Å². The van der Waals surface area contributed by atoms with E-state index in [0.29, 0.717) is 13.1 Å². The molecule has 1 aromatic heterocycles. The van der Waals surface area contributed by atoms with E-state index in [1.165, 1.54) is 6.26 Å². The zero-order valence-electron chi connectivity index (χ0n) is 9.95. The molecule has 0 radical (unpaired) electrons. The van der Waals surface area contributed by atoms with E-state index in [1.54, 1.807) is 26.1 Å². The Kier molecular flexibility index (Phi) is 5.22. The van der Waals surface area contributed by atoms with E-state index < -0.39 is 11.9 Å². The third kappa shape index (κ3) is 4.28. The molecule has 0 spiro atoms. The summed E-state index contributed by atoms with van der Waals surface area (Å²) in [6.45, 7) is 2.83. The zero-order valence-corrected chi connectivity index (χ0v) is 9.95. The fourth-order valence-electron chi connectivity index (χ4n) is 1.20. The van der Waals surface area contributed by atoms with Crippen LogP contribution in [0.3, 0.4) is 0 Å². The van der Waals surface area contributed by atoms with Crippen molar-refractivity contribution in [1.29, 1.82) is 0 Å². The summed E-state index contributed by atoms with van der Waals surface area (Å²) in [6.07, 6.45) is 1.41. The lowest BCUT2D eigenvalue weighted by molar-refractivity contribution is -0.122. The highest BCUT2D eigenvalue weighted by molar-refractivity contribution is 5.95. The van der Waals surface area contributed by atoms with Crippen LogP contribution in [0.2, 0.25) is 0 Å². The van der Waals surface area contributed by atoms with Crippen LogP contribution in [0.1, 0.15) is 17.5 Å². The highest BCUT2D eigenvalue weighted by Gasteiger charge is 2.17. The quantitative estimate of drug-likeness (QED) is 0.597. The zero-order chi connectivity index (χ0) is 12.7. The molecule has 1 rings (SSSR count). The number of rotatable bonds is 6. The third-order valence-corrected chi connectivity index (χ3v) is 2.16. The highest BCUT2D eigenvalue weighted by atomic mass is 16.3. The molecule has 6 nitrogen and oxygen atoms in total. The Hall–Kier alpha value is -1.82. The van der Waals surface area contributed by atoms with E-state index in [9.17, 15) is 9.59 Å². The summed E-state index contributed by atoms with van der Waals surface area (Å²) in [5.74, 6) is -0.425. The second-order valence-corrected chi connectivity index (χ2v) is 3.57. The molecule has 0 aliphatic heterocycles. The number of nitrogens with one attached hydrogen (secondary N) is 3. The lowest BCUT2D eigenvalue weighted by Crippen LogP contribution is -2.46. The van der Waals surface area contributed by atoms with Crippen molar-refractivity contribution < 1.29 is 14.0 Å². The summed E-state index contributed by atoms with van der Waals surface area (Å²) < 4.78 is 4.92. The van der Waals surface area contributed by atoms with Gasteiger partial charge in [0.05, 0.1) is 6.26 Å². The molecule has 0 saturated carbocycles. The topological polar surface area (TPSA) is 83.4 Å². The largest absolute Gasteiger partial charge is 0.459 e. The van der Waals surface area contributed by atoms with Gasteiger partial charge in [0, 0.05) is 13.1 Å². The maximum atomic E-state index is 11.6. The molecule has 1 heterocycles. The van der Waals surface area contributed by atoms with Crippen LogP contribution in [-0.2, 0) is 4.79 Å². The lowest BCUT2D eigenvalue weighted by atomic mass is 10.3. The van der Waals surface area contributed by atoms with E-state index in [2.05, 4.69) is 16.0 Å². The molecule has 0 aliphatic carbocycles. The number of hydrogen-bond donors (Lipinski definition) is 3. The number of likely N-dealkylation sites (N-methyl/N-ethyl adjacent to an activating group) is 1. The van der Waals surface area contributed by atoms with Gasteiger partial charge in [-0.1, -0.05) is 0 Å². The fraction of sp³-hybridized carbons (Fsp3) is 0.455. The van der Waals surface area contributed by atoms with Gasteiger partial charge in [0.15, 0.2) is 5.76 Å². The van der Waals surface area contributed by atoms with Gasteiger partial charge in [-0.2, -0.15) is 0 Å². The van der Waals surface area contributed by atoms with E-state index >= 15 is 0 Å². The Morgan fingerprint density at radius 2 is 2.18 bits per heavy atom. The fourth-order valence-corrected chi connectivity index (χ4v) is 1.20. The van der Waals surface area contributed by atoms with Gasteiger partial charge in [-0.05, 0) is 26.1 Å². The van der Waals surface area contributed by atoms with Crippen molar-refractivity contribution >= 4 is 11.8 Å². The predicted octanol–water partition coefficient (Wildman–Crippen LogP) is -0.266. The van der Waals surface area contributed by atoms with E-state index in [1.807, 2.05) is 0 Å². The summed E-state index contributed by atoms with van der Waals surface area (Å²) >= 11 is 0. The van der Waals surface area contributed by atoms with Crippen molar-refractivity contribution in [2.45, 2.75) is 13.0 Å². The second kappa shape index (κ2) is 6.70. The van der Waals surface area contributed by atoms with E-state index in [4.69, 9.17) is 4.42 Å². The lowest BCUT2D eigenvalue weighted by Gasteiger charge is -2.13. The van der Waals surface area contributed by atoms with Crippen molar-refractivity contribution in [3.63, 3.8) is 0 Å². The number of amides is 2. The Labute approximate surface area is 99.8 Å². The third-order valence-electron chi connectivity index (χ3n) is 2.16. The molecule has 17 heavy (non-hydrogen) atoms. The first-order chi connectivity index (χ1) is 8.15. The average molecular weight is 239 g/mol. The summed E-state index contributed by atoms with van der Waals surface area (Å²) in [4.78, 5) is 23.1. The molecular weight excluding hydrogens is 222 g/mol. The first kappa shape index (κ1) is 13.2. The Bertz CT molecular complexity index is 362. The van der Waals surface area contributed by atoms with Crippen LogP contribution in [0.15, 0.2) is 22.8 Å². The second-order valence-electron chi connectivity index (χ2n) is 3.57. The average Bonchev–Trinajstić information content (AvgIpc) is 2.82. The molecule has 0 fully saturated rings. The van der Waals surface area contributed by atoms with Crippen molar-refractivity contribution in [3.8, 4) is 0 Å². The molecule has 1 aromatic rings.